The molecular weight excluding hydrogens is 314 g/mol. The summed E-state index contributed by atoms with van der Waals surface area (Å²) in [6.07, 6.45) is 0. The Balaban J connectivity index is 2.11. The maximum Gasteiger partial charge on any atom is 0.122 e. The molecule has 0 aliphatic rings. The fourth-order valence-corrected chi connectivity index (χ4v) is 2.35. The lowest BCUT2D eigenvalue weighted by molar-refractivity contribution is 0.303. The standard InChI is InChI=1S/C14H13BrClNO/c1-9-6-11(16)3-5-14(9)18-8-10-2-4-12(17)7-13(10)15/h2-7H,8,17H2,1H3. The Kier molecular flexibility index (Phi) is 4.15. The Morgan fingerprint density at radius 1 is 1.22 bits per heavy atom. The minimum atomic E-state index is 0.489. The SMILES string of the molecule is Cc1cc(Cl)ccc1OCc1ccc(N)cc1Br. The highest BCUT2D eigenvalue weighted by Gasteiger charge is 2.04. The third-order valence-corrected chi connectivity index (χ3v) is 3.57. The van der Waals surface area contributed by atoms with Crippen LogP contribution in [0.3, 0.4) is 0 Å². The predicted molar refractivity (Wildman–Crippen MR) is 79.1 cm³/mol. The third kappa shape index (κ3) is 3.18. The Labute approximate surface area is 120 Å². The van der Waals surface area contributed by atoms with Gasteiger partial charge in [0.25, 0.3) is 0 Å². The molecule has 2 nitrogen and oxygen atoms in total. The van der Waals surface area contributed by atoms with Gasteiger partial charge >= 0.3 is 0 Å². The number of hydrogen-bond acceptors (Lipinski definition) is 2. The minimum absolute atomic E-state index is 0.489. The second kappa shape index (κ2) is 5.63. The van der Waals surface area contributed by atoms with Crippen LogP contribution in [0.15, 0.2) is 40.9 Å². The van der Waals surface area contributed by atoms with E-state index < -0.39 is 0 Å². The molecule has 0 aromatic heterocycles. The molecule has 2 aromatic carbocycles. The van der Waals surface area contributed by atoms with Gasteiger partial charge in [-0.25, -0.2) is 0 Å². The molecule has 2 N–H and O–H groups in total. The highest BCUT2D eigenvalue weighted by atomic mass is 79.9. The molecule has 18 heavy (non-hydrogen) atoms. The lowest BCUT2D eigenvalue weighted by Gasteiger charge is -2.11. The van der Waals surface area contributed by atoms with Crippen LogP contribution >= 0.6 is 27.5 Å². The Bertz CT molecular complexity index is 520. The van der Waals surface area contributed by atoms with Gasteiger partial charge in [0.15, 0.2) is 0 Å². The normalized spacial score (nSPS) is 10.4. The summed E-state index contributed by atoms with van der Waals surface area (Å²) < 4.78 is 6.72. The van der Waals surface area contributed by atoms with Crippen molar-refractivity contribution in [2.45, 2.75) is 13.5 Å². The van der Waals surface area contributed by atoms with Gasteiger partial charge in [-0.1, -0.05) is 33.6 Å². The minimum Gasteiger partial charge on any atom is -0.489 e. The molecule has 0 aliphatic carbocycles. The maximum absolute atomic E-state index is 5.90. The van der Waals surface area contributed by atoms with Crippen LogP contribution in [0.2, 0.25) is 5.02 Å². The van der Waals surface area contributed by atoms with Crippen molar-refractivity contribution in [3.8, 4) is 5.75 Å². The van der Waals surface area contributed by atoms with E-state index in [0.717, 1.165) is 27.0 Å². The topological polar surface area (TPSA) is 35.2 Å². The lowest BCUT2D eigenvalue weighted by Crippen LogP contribution is -1.98. The monoisotopic (exact) mass is 325 g/mol. The van der Waals surface area contributed by atoms with Gasteiger partial charge in [-0.15, -0.1) is 0 Å². The van der Waals surface area contributed by atoms with E-state index in [9.17, 15) is 0 Å². The van der Waals surface area contributed by atoms with Crippen LogP contribution in [-0.4, -0.2) is 0 Å². The molecule has 0 amide bonds. The van der Waals surface area contributed by atoms with Gasteiger partial charge in [0.2, 0.25) is 0 Å². The van der Waals surface area contributed by atoms with Crippen molar-refractivity contribution in [3.63, 3.8) is 0 Å². The van der Waals surface area contributed by atoms with Crippen molar-refractivity contribution in [1.29, 1.82) is 0 Å². The van der Waals surface area contributed by atoms with Crippen molar-refractivity contribution >= 4 is 33.2 Å². The quantitative estimate of drug-likeness (QED) is 0.838. The molecule has 2 rings (SSSR count). The molecule has 0 bridgehead atoms. The average Bonchev–Trinajstić information content (AvgIpc) is 2.30. The Morgan fingerprint density at radius 3 is 2.67 bits per heavy atom. The molecule has 0 spiro atoms. The van der Waals surface area contributed by atoms with Gasteiger partial charge in [0.1, 0.15) is 12.4 Å². The second-order valence-electron chi connectivity index (χ2n) is 4.05. The van der Waals surface area contributed by atoms with E-state index in [0.29, 0.717) is 11.6 Å². The molecule has 0 saturated heterocycles. The molecule has 0 radical (unpaired) electrons. The van der Waals surface area contributed by atoms with Crippen LogP contribution in [0, 0.1) is 6.92 Å². The van der Waals surface area contributed by atoms with Crippen LogP contribution in [0.4, 0.5) is 5.69 Å². The zero-order chi connectivity index (χ0) is 13.1. The third-order valence-electron chi connectivity index (χ3n) is 2.60. The van der Waals surface area contributed by atoms with Crippen LogP contribution in [-0.2, 0) is 6.61 Å². The number of halogens is 2. The number of nitrogen functional groups attached to an aromatic ring is 1. The molecule has 4 heteroatoms. The molecule has 2 aromatic rings. The highest BCUT2D eigenvalue weighted by molar-refractivity contribution is 9.10. The summed E-state index contributed by atoms with van der Waals surface area (Å²) in [5, 5.41) is 0.716. The fourth-order valence-electron chi connectivity index (χ4n) is 1.61. The molecule has 0 aliphatic heterocycles. The molecule has 0 fully saturated rings. The number of ether oxygens (including phenoxy) is 1. The molecular formula is C14H13BrClNO. The van der Waals surface area contributed by atoms with Gasteiger partial charge in [0.05, 0.1) is 0 Å². The summed E-state index contributed by atoms with van der Waals surface area (Å²) in [6, 6.07) is 11.3. The smallest absolute Gasteiger partial charge is 0.122 e. The molecule has 0 heterocycles. The van der Waals surface area contributed by atoms with Crippen LogP contribution in [0.1, 0.15) is 11.1 Å². The van der Waals surface area contributed by atoms with Gasteiger partial charge in [0, 0.05) is 20.7 Å². The van der Waals surface area contributed by atoms with Gasteiger partial charge in [-0.05, 0) is 42.8 Å². The van der Waals surface area contributed by atoms with Crippen molar-refractivity contribution in [3.05, 3.63) is 57.0 Å². The van der Waals surface area contributed by atoms with E-state index in [-0.39, 0.29) is 0 Å². The van der Waals surface area contributed by atoms with E-state index in [2.05, 4.69) is 15.9 Å². The summed E-state index contributed by atoms with van der Waals surface area (Å²) >= 11 is 9.37. The second-order valence-corrected chi connectivity index (χ2v) is 5.34. The number of nitrogens with two attached hydrogens (primary N) is 1. The van der Waals surface area contributed by atoms with Crippen LogP contribution in [0.5, 0.6) is 5.75 Å². The van der Waals surface area contributed by atoms with Crippen molar-refractivity contribution in [2.75, 3.05) is 5.73 Å². The van der Waals surface area contributed by atoms with E-state index in [1.807, 2.05) is 43.3 Å². The van der Waals surface area contributed by atoms with E-state index >= 15 is 0 Å². The van der Waals surface area contributed by atoms with Crippen LogP contribution in [0.25, 0.3) is 0 Å². The maximum atomic E-state index is 5.90. The summed E-state index contributed by atoms with van der Waals surface area (Å²) in [5.74, 6) is 0.836. The van der Waals surface area contributed by atoms with E-state index in [4.69, 9.17) is 22.1 Å². The molecule has 0 unspecified atom stereocenters. The zero-order valence-corrected chi connectivity index (χ0v) is 12.3. The number of aryl methyl sites for hydroxylation is 1. The lowest BCUT2D eigenvalue weighted by atomic mass is 10.2. The largest absolute Gasteiger partial charge is 0.489 e. The Hall–Kier alpha value is -1.19. The van der Waals surface area contributed by atoms with Gasteiger partial charge in [-0.2, -0.15) is 0 Å². The van der Waals surface area contributed by atoms with E-state index in [1.54, 1.807) is 0 Å². The first-order valence-electron chi connectivity index (χ1n) is 5.49. The van der Waals surface area contributed by atoms with Crippen molar-refractivity contribution in [1.82, 2.24) is 0 Å². The van der Waals surface area contributed by atoms with Crippen molar-refractivity contribution < 1.29 is 4.74 Å². The predicted octanol–water partition coefficient (Wildman–Crippen LogP) is 4.57. The molecule has 94 valence electrons. The number of rotatable bonds is 3. The van der Waals surface area contributed by atoms with Gasteiger partial charge in [-0.3, -0.25) is 0 Å². The Morgan fingerprint density at radius 2 is 2.00 bits per heavy atom. The van der Waals surface area contributed by atoms with Crippen LogP contribution < -0.4 is 10.5 Å². The van der Waals surface area contributed by atoms with Gasteiger partial charge < -0.3 is 10.5 Å². The zero-order valence-electron chi connectivity index (χ0n) is 9.91. The number of benzene rings is 2. The number of anilines is 1. The summed E-state index contributed by atoms with van der Waals surface area (Å²) in [4.78, 5) is 0. The van der Waals surface area contributed by atoms with Crippen molar-refractivity contribution in [2.24, 2.45) is 0 Å². The number of hydrogen-bond donors (Lipinski definition) is 1. The molecule has 0 saturated carbocycles. The average molecular weight is 327 g/mol. The fraction of sp³-hybridized carbons (Fsp3) is 0.143. The highest BCUT2D eigenvalue weighted by Crippen LogP contribution is 2.25. The summed E-state index contributed by atoms with van der Waals surface area (Å²) in [6.45, 7) is 2.46. The summed E-state index contributed by atoms with van der Waals surface area (Å²) in [5.41, 5.74) is 8.50. The first kappa shape index (κ1) is 13.2. The molecule has 0 atom stereocenters. The first-order valence-corrected chi connectivity index (χ1v) is 6.66. The first-order chi connectivity index (χ1) is 8.56. The summed E-state index contributed by atoms with van der Waals surface area (Å²) in [7, 11) is 0. The van der Waals surface area contributed by atoms with E-state index in [1.165, 1.54) is 0 Å².